The molecule has 3 heteroatoms. The first kappa shape index (κ1) is 12.9. The van der Waals surface area contributed by atoms with Gasteiger partial charge in [0.2, 0.25) is 5.91 Å². The van der Waals surface area contributed by atoms with Gasteiger partial charge in [-0.2, -0.15) is 0 Å². The highest BCUT2D eigenvalue weighted by molar-refractivity contribution is 5.83. The van der Waals surface area contributed by atoms with Crippen molar-refractivity contribution < 1.29 is 4.79 Å². The lowest BCUT2D eigenvalue weighted by Crippen LogP contribution is -2.51. The quantitative estimate of drug-likeness (QED) is 0.770. The van der Waals surface area contributed by atoms with Gasteiger partial charge < -0.3 is 10.6 Å². The average molecular weight is 238 g/mol. The fraction of sp³-hybridized carbons (Fsp3) is 0.929. The van der Waals surface area contributed by atoms with Crippen molar-refractivity contribution in [3.05, 3.63) is 0 Å². The Kier molecular flexibility index (Phi) is 4.43. The summed E-state index contributed by atoms with van der Waals surface area (Å²) in [4.78, 5) is 12.2. The molecule has 2 N–H and O–H groups in total. The molecule has 1 amide bonds. The van der Waals surface area contributed by atoms with Crippen LogP contribution in [0, 0.1) is 11.3 Å². The van der Waals surface area contributed by atoms with E-state index >= 15 is 0 Å². The maximum atomic E-state index is 12.2. The Labute approximate surface area is 105 Å². The minimum absolute atomic E-state index is 0.0799. The molecule has 0 atom stereocenters. The van der Waals surface area contributed by atoms with Crippen molar-refractivity contribution in [3.63, 3.8) is 0 Å². The summed E-state index contributed by atoms with van der Waals surface area (Å²) in [7, 11) is 1.94. The van der Waals surface area contributed by atoms with Gasteiger partial charge in [-0.05, 0) is 38.6 Å². The molecular formula is C14H26N2O. The second-order valence-corrected chi connectivity index (χ2v) is 5.88. The summed E-state index contributed by atoms with van der Waals surface area (Å²) in [6.45, 7) is 1.74. The first-order valence-electron chi connectivity index (χ1n) is 7.20. The fourth-order valence-corrected chi connectivity index (χ4v) is 3.24. The molecular weight excluding hydrogens is 212 g/mol. The highest BCUT2D eigenvalue weighted by atomic mass is 16.2. The molecule has 0 aromatic carbocycles. The Morgan fingerprint density at radius 1 is 1.18 bits per heavy atom. The number of nitrogens with one attached hydrogen (secondary N) is 2. The van der Waals surface area contributed by atoms with Crippen molar-refractivity contribution in [2.75, 3.05) is 20.1 Å². The second kappa shape index (κ2) is 5.85. The van der Waals surface area contributed by atoms with Gasteiger partial charge >= 0.3 is 0 Å². The lowest BCUT2D eigenvalue weighted by atomic mass is 9.68. The third-order valence-corrected chi connectivity index (χ3v) is 4.58. The van der Waals surface area contributed by atoms with Crippen LogP contribution in [0.5, 0.6) is 0 Å². The fourth-order valence-electron chi connectivity index (χ4n) is 3.24. The zero-order valence-corrected chi connectivity index (χ0v) is 11.1. The number of rotatable bonds is 5. The summed E-state index contributed by atoms with van der Waals surface area (Å²) in [6.07, 6.45) is 10.0. The molecule has 0 aliphatic heterocycles. The maximum Gasteiger partial charge on any atom is 0.227 e. The van der Waals surface area contributed by atoms with Crippen molar-refractivity contribution in [1.82, 2.24) is 10.6 Å². The Bertz CT molecular complexity index is 255. The molecule has 0 radical (unpaired) electrons. The first-order chi connectivity index (χ1) is 8.27. The lowest BCUT2D eigenvalue weighted by Gasteiger charge is -2.40. The summed E-state index contributed by atoms with van der Waals surface area (Å²) >= 11 is 0. The van der Waals surface area contributed by atoms with Gasteiger partial charge in [0.25, 0.3) is 0 Å². The summed E-state index contributed by atoms with van der Waals surface area (Å²) in [5.74, 6) is 1.03. The second-order valence-electron chi connectivity index (χ2n) is 5.88. The van der Waals surface area contributed by atoms with Crippen LogP contribution in [-0.4, -0.2) is 26.0 Å². The van der Waals surface area contributed by atoms with Crippen LogP contribution < -0.4 is 10.6 Å². The molecule has 3 nitrogen and oxygen atoms in total. The molecule has 0 spiro atoms. The van der Waals surface area contributed by atoms with E-state index in [0.29, 0.717) is 5.91 Å². The molecule has 2 aliphatic carbocycles. The van der Waals surface area contributed by atoms with Gasteiger partial charge in [0.15, 0.2) is 0 Å². The normalized spacial score (nSPS) is 24.1. The van der Waals surface area contributed by atoms with Crippen LogP contribution in [-0.2, 0) is 4.79 Å². The van der Waals surface area contributed by atoms with Gasteiger partial charge in [-0.15, -0.1) is 0 Å². The average Bonchev–Trinajstić information content (AvgIpc) is 2.32. The molecule has 98 valence electrons. The molecule has 2 saturated carbocycles. The first-order valence-corrected chi connectivity index (χ1v) is 7.20. The third-order valence-electron chi connectivity index (χ3n) is 4.58. The van der Waals surface area contributed by atoms with Crippen LogP contribution >= 0.6 is 0 Å². The minimum Gasteiger partial charge on any atom is -0.355 e. The third kappa shape index (κ3) is 3.01. The van der Waals surface area contributed by atoms with Crippen LogP contribution in [0.1, 0.15) is 51.4 Å². The minimum atomic E-state index is -0.0799. The van der Waals surface area contributed by atoms with Gasteiger partial charge in [-0.25, -0.2) is 0 Å². The van der Waals surface area contributed by atoms with E-state index < -0.39 is 0 Å². The molecule has 2 rings (SSSR count). The topological polar surface area (TPSA) is 41.1 Å². The predicted octanol–water partition coefficient (Wildman–Crippen LogP) is 2.07. The predicted molar refractivity (Wildman–Crippen MR) is 69.8 cm³/mol. The van der Waals surface area contributed by atoms with E-state index in [4.69, 9.17) is 0 Å². The van der Waals surface area contributed by atoms with E-state index in [1.165, 1.54) is 38.5 Å². The van der Waals surface area contributed by atoms with Crippen molar-refractivity contribution in [2.45, 2.75) is 51.4 Å². The van der Waals surface area contributed by atoms with Crippen LogP contribution in [0.2, 0.25) is 0 Å². The highest BCUT2D eigenvalue weighted by Crippen LogP contribution is 2.40. The van der Waals surface area contributed by atoms with Crippen molar-refractivity contribution >= 4 is 5.91 Å². The smallest absolute Gasteiger partial charge is 0.227 e. The summed E-state index contributed by atoms with van der Waals surface area (Å²) in [5.41, 5.74) is -0.0799. The molecule has 0 saturated heterocycles. The monoisotopic (exact) mass is 238 g/mol. The number of carbonyl (C=O) groups is 1. The molecule has 0 heterocycles. The Morgan fingerprint density at radius 2 is 1.88 bits per heavy atom. The van der Waals surface area contributed by atoms with Crippen LogP contribution in [0.15, 0.2) is 0 Å². The lowest BCUT2D eigenvalue weighted by molar-refractivity contribution is -0.135. The van der Waals surface area contributed by atoms with Crippen molar-refractivity contribution in [2.24, 2.45) is 11.3 Å². The van der Waals surface area contributed by atoms with Crippen LogP contribution in [0.4, 0.5) is 0 Å². The summed E-state index contributed by atoms with van der Waals surface area (Å²) in [6, 6.07) is 0. The maximum absolute atomic E-state index is 12.2. The van der Waals surface area contributed by atoms with Gasteiger partial charge in [0.1, 0.15) is 0 Å². The number of carbonyl (C=O) groups excluding carboxylic acids is 1. The van der Waals surface area contributed by atoms with Gasteiger partial charge in [-0.1, -0.05) is 25.7 Å². The zero-order chi connectivity index (χ0) is 12.1. The van der Waals surface area contributed by atoms with Crippen molar-refractivity contribution in [3.8, 4) is 0 Å². The van der Waals surface area contributed by atoms with E-state index in [0.717, 1.165) is 31.8 Å². The van der Waals surface area contributed by atoms with Crippen LogP contribution in [0.25, 0.3) is 0 Å². The molecule has 0 aromatic heterocycles. The Balaban J connectivity index is 1.75. The summed E-state index contributed by atoms with van der Waals surface area (Å²) < 4.78 is 0. The molecule has 0 unspecified atom stereocenters. The standard InChI is InChI=1S/C14H26N2O/c1-15-11-14(8-5-9-14)13(17)16-10-12-6-3-2-4-7-12/h12,15H,2-11H2,1H3,(H,16,17). The highest BCUT2D eigenvalue weighted by Gasteiger charge is 2.43. The molecule has 0 bridgehead atoms. The van der Waals surface area contributed by atoms with E-state index in [1.54, 1.807) is 0 Å². The SMILES string of the molecule is CNCC1(C(=O)NCC2CCCCC2)CCC1. The van der Waals surface area contributed by atoms with Crippen molar-refractivity contribution in [1.29, 1.82) is 0 Å². The summed E-state index contributed by atoms with van der Waals surface area (Å²) in [5, 5.41) is 6.37. The zero-order valence-electron chi connectivity index (χ0n) is 11.1. The van der Waals surface area contributed by atoms with Gasteiger partial charge in [0, 0.05) is 13.1 Å². The Morgan fingerprint density at radius 3 is 2.41 bits per heavy atom. The number of hydrogen-bond donors (Lipinski definition) is 2. The number of hydrogen-bond acceptors (Lipinski definition) is 2. The molecule has 2 fully saturated rings. The van der Waals surface area contributed by atoms with E-state index in [-0.39, 0.29) is 5.41 Å². The van der Waals surface area contributed by atoms with E-state index in [1.807, 2.05) is 7.05 Å². The van der Waals surface area contributed by atoms with Crippen LogP contribution in [0.3, 0.4) is 0 Å². The van der Waals surface area contributed by atoms with Gasteiger partial charge in [-0.3, -0.25) is 4.79 Å². The molecule has 2 aliphatic rings. The van der Waals surface area contributed by atoms with E-state index in [9.17, 15) is 4.79 Å². The van der Waals surface area contributed by atoms with E-state index in [2.05, 4.69) is 10.6 Å². The largest absolute Gasteiger partial charge is 0.355 e. The Hall–Kier alpha value is -0.570. The molecule has 0 aromatic rings. The molecule has 17 heavy (non-hydrogen) atoms. The number of amides is 1. The van der Waals surface area contributed by atoms with Gasteiger partial charge in [0.05, 0.1) is 5.41 Å².